The summed E-state index contributed by atoms with van der Waals surface area (Å²) < 4.78 is 40.8. The highest BCUT2D eigenvalue weighted by atomic mass is 19.4. The van der Waals surface area contributed by atoms with Crippen LogP contribution in [-0.4, -0.2) is 23.1 Å². The lowest BCUT2D eigenvalue weighted by Gasteiger charge is -2.04. The predicted molar refractivity (Wildman–Crippen MR) is 55.6 cm³/mol. The highest BCUT2D eigenvalue weighted by molar-refractivity contribution is 5.88. The largest absolute Gasteiger partial charge is 0.491 e. The van der Waals surface area contributed by atoms with Crippen LogP contribution in [0.2, 0.25) is 0 Å². The van der Waals surface area contributed by atoms with E-state index in [1.807, 2.05) is 0 Å². The number of carbonyl (C=O) groups is 2. The van der Waals surface area contributed by atoms with Crippen LogP contribution in [0.1, 0.15) is 0 Å². The van der Waals surface area contributed by atoms with E-state index >= 15 is 0 Å². The molecule has 1 N–H and O–H groups in total. The Kier molecular flexibility index (Phi) is 3.24. The molecule has 1 aromatic carbocycles. The molecule has 5 nitrogen and oxygen atoms in total. The summed E-state index contributed by atoms with van der Waals surface area (Å²) >= 11 is 0. The predicted octanol–water partition coefficient (Wildman–Crippen LogP) is 1.09. The molecule has 0 radical (unpaired) electrons. The summed E-state index contributed by atoms with van der Waals surface area (Å²) in [6.45, 7) is -0.494. The van der Waals surface area contributed by atoms with Gasteiger partial charge in [0, 0.05) is 0 Å². The maximum absolute atomic E-state index is 11.9. The zero-order chi connectivity index (χ0) is 14.0. The number of para-hydroxylation sites is 2. The zero-order valence-corrected chi connectivity index (χ0v) is 9.40. The number of rotatable bonds is 2. The van der Waals surface area contributed by atoms with Crippen molar-refractivity contribution in [2.75, 3.05) is 0 Å². The van der Waals surface area contributed by atoms with Crippen molar-refractivity contribution >= 4 is 23.0 Å². The lowest BCUT2D eigenvalue weighted by atomic mass is 10.3. The summed E-state index contributed by atoms with van der Waals surface area (Å²) in [6, 6.07) is 6.87. The molecule has 0 bridgehead atoms. The van der Waals surface area contributed by atoms with Crippen LogP contribution in [0.25, 0.3) is 11.0 Å². The Bertz CT molecular complexity index is 633. The molecule has 0 aliphatic carbocycles. The van der Waals surface area contributed by atoms with E-state index in [0.29, 0.717) is 11.0 Å². The van der Waals surface area contributed by atoms with Gasteiger partial charge in [0.25, 0.3) is 0 Å². The van der Waals surface area contributed by atoms with Crippen LogP contribution in [0.5, 0.6) is 0 Å². The van der Waals surface area contributed by atoms with Crippen LogP contribution in [0, 0.1) is 0 Å². The van der Waals surface area contributed by atoms with E-state index in [1.54, 1.807) is 24.3 Å². The normalized spacial score (nSPS) is 11.5. The second-order valence-corrected chi connectivity index (χ2v) is 3.68. The van der Waals surface area contributed by atoms with Gasteiger partial charge in [-0.25, -0.2) is 19.1 Å². The van der Waals surface area contributed by atoms with Crippen LogP contribution in [0.3, 0.4) is 0 Å². The molecule has 2 rings (SSSR count). The number of nitrogens with zero attached hydrogens (tertiary/aromatic N) is 1. The van der Waals surface area contributed by atoms with E-state index in [0.717, 1.165) is 0 Å². The van der Waals surface area contributed by atoms with Crippen molar-refractivity contribution in [2.45, 2.75) is 12.7 Å². The Morgan fingerprint density at radius 2 is 1.95 bits per heavy atom. The number of ether oxygens (including phenoxy) is 1. The molecule has 8 heteroatoms. The van der Waals surface area contributed by atoms with Gasteiger partial charge in [0.2, 0.25) is 6.33 Å². The van der Waals surface area contributed by atoms with Gasteiger partial charge in [-0.2, -0.15) is 13.2 Å². The van der Waals surface area contributed by atoms with Gasteiger partial charge in [0.15, 0.2) is 17.6 Å². The van der Waals surface area contributed by atoms with Gasteiger partial charge in [-0.05, 0) is 12.1 Å². The van der Waals surface area contributed by atoms with Crippen LogP contribution < -0.4 is 4.57 Å². The third kappa shape index (κ3) is 2.90. The topological polar surface area (TPSA) is 63.0 Å². The van der Waals surface area contributed by atoms with E-state index in [9.17, 15) is 22.8 Å². The van der Waals surface area contributed by atoms with Gasteiger partial charge >= 0.3 is 18.1 Å². The number of fused-ring (bicyclic) bond motifs is 1. The number of H-pyrrole nitrogens is 1. The molecule has 0 saturated carbocycles. The third-order valence-corrected chi connectivity index (χ3v) is 2.33. The maximum Gasteiger partial charge on any atom is 0.491 e. The number of hydrogen-bond acceptors (Lipinski definition) is 3. The second kappa shape index (κ2) is 4.71. The number of carbonyl (C=O) groups excluding carboxylic acids is 2. The number of esters is 2. The highest BCUT2D eigenvalue weighted by Crippen LogP contribution is 2.16. The minimum absolute atomic E-state index is 0.494. The lowest BCUT2D eigenvalue weighted by molar-refractivity contribution is -0.659. The molecule has 0 unspecified atom stereocenters. The second-order valence-electron chi connectivity index (χ2n) is 3.68. The SMILES string of the molecule is O=C(C[n+]1c[nH]c2ccccc21)OC(=O)C(F)(F)F. The number of benzene rings is 1. The van der Waals surface area contributed by atoms with Gasteiger partial charge in [0.05, 0.1) is 0 Å². The first-order valence-corrected chi connectivity index (χ1v) is 5.15. The number of halogens is 3. The van der Waals surface area contributed by atoms with Crippen molar-refractivity contribution in [3.05, 3.63) is 30.6 Å². The van der Waals surface area contributed by atoms with Crippen LogP contribution in [-0.2, 0) is 20.9 Å². The fraction of sp³-hybridized carbons (Fsp3) is 0.182. The van der Waals surface area contributed by atoms with Crippen molar-refractivity contribution < 1.29 is 32.1 Å². The van der Waals surface area contributed by atoms with Crippen molar-refractivity contribution in [3.63, 3.8) is 0 Å². The van der Waals surface area contributed by atoms with Crippen molar-refractivity contribution in [2.24, 2.45) is 0 Å². The van der Waals surface area contributed by atoms with E-state index in [2.05, 4.69) is 9.72 Å². The number of alkyl halides is 3. The fourth-order valence-electron chi connectivity index (χ4n) is 1.53. The van der Waals surface area contributed by atoms with Gasteiger partial charge in [-0.1, -0.05) is 12.1 Å². The Morgan fingerprint density at radius 3 is 2.63 bits per heavy atom. The van der Waals surface area contributed by atoms with E-state index in [4.69, 9.17) is 0 Å². The van der Waals surface area contributed by atoms with Gasteiger partial charge in [0.1, 0.15) is 0 Å². The summed E-state index contributed by atoms with van der Waals surface area (Å²) in [5.41, 5.74) is 1.32. The standard InChI is InChI=1S/C11H7F3N2O3/c12-11(13,14)10(18)19-9(17)5-16-6-15-7-3-1-2-4-8(7)16/h1-4,6H,5H2/p+1. The van der Waals surface area contributed by atoms with Crippen molar-refractivity contribution in [1.82, 2.24) is 4.98 Å². The van der Waals surface area contributed by atoms with Gasteiger partial charge in [-0.15, -0.1) is 0 Å². The molecular weight excluding hydrogens is 265 g/mol. The number of nitrogens with one attached hydrogen (secondary N) is 1. The average molecular weight is 273 g/mol. The monoisotopic (exact) mass is 273 g/mol. The first-order valence-electron chi connectivity index (χ1n) is 5.15. The summed E-state index contributed by atoms with van der Waals surface area (Å²) in [6.07, 6.45) is -3.77. The molecule has 0 spiro atoms. The minimum atomic E-state index is -5.18. The summed E-state index contributed by atoms with van der Waals surface area (Å²) in [7, 11) is 0. The first kappa shape index (κ1) is 13.1. The molecule has 2 aromatic rings. The van der Waals surface area contributed by atoms with Crippen LogP contribution in [0.4, 0.5) is 13.2 Å². The molecule has 0 amide bonds. The summed E-state index contributed by atoms with van der Waals surface area (Å²) in [4.78, 5) is 24.5. The molecular formula is C11H8F3N2O3+. The average Bonchev–Trinajstić information content (AvgIpc) is 2.71. The van der Waals surface area contributed by atoms with Crippen molar-refractivity contribution in [3.8, 4) is 0 Å². The fourth-order valence-corrected chi connectivity index (χ4v) is 1.53. The number of aromatic amines is 1. The molecule has 19 heavy (non-hydrogen) atoms. The lowest BCUT2D eigenvalue weighted by Crippen LogP contribution is -2.39. The highest BCUT2D eigenvalue weighted by Gasteiger charge is 2.42. The molecule has 100 valence electrons. The molecule has 0 aliphatic rings. The molecule has 0 atom stereocenters. The molecule has 0 fully saturated rings. The molecule has 1 aromatic heterocycles. The molecule has 0 aliphatic heterocycles. The third-order valence-electron chi connectivity index (χ3n) is 2.33. The molecule has 0 saturated heterocycles. The number of imidazole rings is 1. The quantitative estimate of drug-likeness (QED) is 0.506. The zero-order valence-electron chi connectivity index (χ0n) is 9.40. The van der Waals surface area contributed by atoms with Crippen LogP contribution in [0.15, 0.2) is 30.6 Å². The summed E-state index contributed by atoms with van der Waals surface area (Å²) in [5, 5.41) is 0. The van der Waals surface area contributed by atoms with Gasteiger partial charge in [-0.3, -0.25) is 0 Å². The van der Waals surface area contributed by atoms with Crippen LogP contribution >= 0.6 is 0 Å². The first-order chi connectivity index (χ1) is 8.88. The Labute approximate surface area is 104 Å². The van der Waals surface area contributed by atoms with Crippen molar-refractivity contribution in [1.29, 1.82) is 0 Å². The van der Waals surface area contributed by atoms with Gasteiger partial charge < -0.3 is 4.74 Å². The van der Waals surface area contributed by atoms with E-state index < -0.39 is 24.7 Å². The van der Waals surface area contributed by atoms with E-state index in [1.165, 1.54) is 10.9 Å². The Balaban J connectivity index is 2.09. The van der Waals surface area contributed by atoms with E-state index in [-0.39, 0.29) is 0 Å². The summed E-state index contributed by atoms with van der Waals surface area (Å²) in [5.74, 6) is -3.80. The maximum atomic E-state index is 11.9. The Morgan fingerprint density at radius 1 is 1.26 bits per heavy atom. The molecule has 1 heterocycles. The smallest absolute Gasteiger partial charge is 0.383 e. The Hall–Kier alpha value is -2.38. The number of hydrogen-bond donors (Lipinski definition) is 1. The number of aromatic nitrogens is 2. The minimum Gasteiger partial charge on any atom is -0.383 e.